The summed E-state index contributed by atoms with van der Waals surface area (Å²) in [6.07, 6.45) is 0.673. The van der Waals surface area contributed by atoms with Gasteiger partial charge in [-0.1, -0.05) is 6.92 Å². The van der Waals surface area contributed by atoms with E-state index in [0.717, 1.165) is 0 Å². The molecule has 2 atom stereocenters. The summed E-state index contributed by atoms with van der Waals surface area (Å²) >= 11 is 0. The van der Waals surface area contributed by atoms with Gasteiger partial charge in [0.2, 0.25) is 0 Å². The van der Waals surface area contributed by atoms with Gasteiger partial charge < -0.3 is 9.53 Å². The molecule has 0 aliphatic heterocycles. The number of carboxylic acid groups (broad SMARTS) is 1. The van der Waals surface area contributed by atoms with Gasteiger partial charge in [-0.3, -0.25) is 0 Å². The first kappa shape index (κ1) is 9.73. The lowest BCUT2D eigenvalue weighted by Crippen LogP contribution is -2.39. The number of aliphatic carboxylic acids is 1. The summed E-state index contributed by atoms with van der Waals surface area (Å²) in [6.45, 7) is 7.97. The van der Waals surface area contributed by atoms with Crippen molar-refractivity contribution in [1.82, 2.24) is 0 Å². The van der Waals surface area contributed by atoms with Gasteiger partial charge in [0.1, 0.15) is 0 Å². The molecule has 0 aromatic carbocycles. The molecule has 0 spiro atoms. The zero-order chi connectivity index (χ0) is 9.57. The van der Waals surface area contributed by atoms with Crippen molar-refractivity contribution in [3.8, 4) is 0 Å². The van der Waals surface area contributed by atoms with Crippen LogP contribution < -0.4 is 0 Å². The largest absolute Gasteiger partial charge is 0.479 e. The first-order valence-corrected chi connectivity index (χ1v) is 7.62. The van der Waals surface area contributed by atoms with Gasteiger partial charge in [0.15, 0.2) is 13.9 Å². The second-order valence-corrected chi connectivity index (χ2v) is 8.94. The Kier molecular flexibility index (Phi) is 2.08. The molecule has 70 valence electrons. The van der Waals surface area contributed by atoms with Crippen LogP contribution >= 0.6 is 0 Å². The van der Waals surface area contributed by atoms with Crippen LogP contribution in [0.2, 0.25) is 19.6 Å². The van der Waals surface area contributed by atoms with Crippen molar-refractivity contribution >= 4 is 14.3 Å². The van der Waals surface area contributed by atoms with Crippen LogP contribution in [-0.2, 0) is 9.22 Å². The quantitative estimate of drug-likeness (QED) is 0.686. The van der Waals surface area contributed by atoms with Gasteiger partial charge in [0.25, 0.3) is 0 Å². The van der Waals surface area contributed by atoms with Gasteiger partial charge in [-0.25, -0.2) is 4.79 Å². The van der Waals surface area contributed by atoms with Crippen LogP contribution in [0.5, 0.6) is 0 Å². The van der Waals surface area contributed by atoms with Crippen LogP contribution in [0, 0.1) is 5.92 Å². The molecule has 0 amide bonds. The van der Waals surface area contributed by atoms with Crippen molar-refractivity contribution in [3.05, 3.63) is 0 Å². The van der Waals surface area contributed by atoms with Crippen LogP contribution in [-0.4, -0.2) is 25.0 Å². The second kappa shape index (κ2) is 2.57. The average molecular weight is 188 g/mol. The maximum atomic E-state index is 10.9. The van der Waals surface area contributed by atoms with Crippen LogP contribution in [0.1, 0.15) is 13.3 Å². The fourth-order valence-corrected chi connectivity index (χ4v) is 2.89. The van der Waals surface area contributed by atoms with Crippen molar-refractivity contribution in [2.75, 3.05) is 0 Å². The van der Waals surface area contributed by atoms with E-state index in [-0.39, 0.29) is 5.92 Å². The van der Waals surface area contributed by atoms with E-state index in [1.807, 2.05) is 26.6 Å². The summed E-state index contributed by atoms with van der Waals surface area (Å²) < 4.78 is 5.65. The normalized spacial score (nSPS) is 34.8. The molecule has 0 saturated heterocycles. The lowest BCUT2D eigenvalue weighted by Gasteiger charge is -2.23. The summed E-state index contributed by atoms with van der Waals surface area (Å²) in [5, 5.41) is 8.93. The van der Waals surface area contributed by atoms with Crippen LogP contribution in [0.15, 0.2) is 0 Å². The zero-order valence-electron chi connectivity index (χ0n) is 8.05. The highest BCUT2D eigenvalue weighted by atomic mass is 28.4. The van der Waals surface area contributed by atoms with Gasteiger partial charge in [0.05, 0.1) is 0 Å². The van der Waals surface area contributed by atoms with E-state index in [9.17, 15) is 4.79 Å². The molecule has 1 aliphatic carbocycles. The maximum Gasteiger partial charge on any atom is 0.335 e. The second-order valence-electron chi connectivity index (χ2n) is 4.51. The highest BCUT2D eigenvalue weighted by Crippen LogP contribution is 2.48. The Balaban J connectivity index is 2.66. The minimum absolute atomic E-state index is 0.182. The summed E-state index contributed by atoms with van der Waals surface area (Å²) in [5.41, 5.74) is -0.829. The predicted molar refractivity (Wildman–Crippen MR) is 48.6 cm³/mol. The monoisotopic (exact) mass is 188 g/mol. The summed E-state index contributed by atoms with van der Waals surface area (Å²) in [6, 6.07) is 0. The third-order valence-corrected chi connectivity index (χ3v) is 3.07. The lowest BCUT2D eigenvalue weighted by molar-refractivity contribution is -0.148. The topological polar surface area (TPSA) is 46.5 Å². The fourth-order valence-electron chi connectivity index (χ4n) is 1.43. The molecule has 1 aliphatic rings. The molecule has 3 nitrogen and oxygen atoms in total. The first-order valence-electron chi connectivity index (χ1n) is 4.21. The highest BCUT2D eigenvalue weighted by molar-refractivity contribution is 6.70. The standard InChI is InChI=1S/C8H16O3Si/c1-6-5-8(6,7(9)10)11-12(2,3)4/h6H,5H2,1-4H3,(H,9,10). The Morgan fingerprint density at radius 1 is 1.58 bits per heavy atom. The molecule has 0 radical (unpaired) electrons. The van der Waals surface area contributed by atoms with Crippen LogP contribution in [0.3, 0.4) is 0 Å². The van der Waals surface area contributed by atoms with Crippen LogP contribution in [0.4, 0.5) is 0 Å². The van der Waals surface area contributed by atoms with E-state index < -0.39 is 19.9 Å². The average Bonchev–Trinajstić information content (AvgIpc) is 2.38. The van der Waals surface area contributed by atoms with E-state index in [2.05, 4.69) is 0 Å². The molecule has 4 heteroatoms. The minimum Gasteiger partial charge on any atom is -0.479 e. The number of rotatable bonds is 3. The van der Waals surface area contributed by atoms with E-state index in [1.165, 1.54) is 0 Å². The molecule has 1 rings (SSSR count). The van der Waals surface area contributed by atoms with Gasteiger partial charge >= 0.3 is 5.97 Å². The summed E-state index contributed by atoms with van der Waals surface area (Å²) in [5.74, 6) is -0.612. The van der Waals surface area contributed by atoms with Gasteiger partial charge in [0, 0.05) is 0 Å². The molecule has 1 saturated carbocycles. The highest BCUT2D eigenvalue weighted by Gasteiger charge is 2.60. The Morgan fingerprint density at radius 3 is 2.08 bits per heavy atom. The van der Waals surface area contributed by atoms with E-state index in [1.54, 1.807) is 0 Å². The molecule has 0 aromatic heterocycles. The molecule has 1 N–H and O–H groups in total. The summed E-state index contributed by atoms with van der Waals surface area (Å²) in [7, 11) is -1.72. The number of hydrogen-bond acceptors (Lipinski definition) is 2. The number of hydrogen-bond donors (Lipinski definition) is 1. The van der Waals surface area contributed by atoms with Gasteiger partial charge in [-0.05, 0) is 32.0 Å². The molecule has 0 aromatic rings. The SMILES string of the molecule is CC1CC1(O[Si](C)(C)C)C(=O)O. The van der Waals surface area contributed by atoms with Gasteiger partial charge in [-0.15, -0.1) is 0 Å². The smallest absolute Gasteiger partial charge is 0.335 e. The zero-order valence-corrected chi connectivity index (χ0v) is 9.05. The van der Waals surface area contributed by atoms with Crippen molar-refractivity contribution < 1.29 is 14.3 Å². The van der Waals surface area contributed by atoms with Crippen molar-refractivity contribution in [3.63, 3.8) is 0 Å². The molecule has 0 bridgehead atoms. The van der Waals surface area contributed by atoms with E-state index in [0.29, 0.717) is 6.42 Å². The maximum absolute atomic E-state index is 10.9. The van der Waals surface area contributed by atoms with E-state index in [4.69, 9.17) is 9.53 Å². The number of carboxylic acids is 1. The minimum atomic E-state index is -1.72. The Bertz CT molecular complexity index is 209. The van der Waals surface area contributed by atoms with Crippen molar-refractivity contribution in [2.24, 2.45) is 5.92 Å². The molecule has 12 heavy (non-hydrogen) atoms. The van der Waals surface area contributed by atoms with Crippen molar-refractivity contribution in [2.45, 2.75) is 38.6 Å². The molecule has 0 heterocycles. The number of carbonyl (C=O) groups is 1. The molecular formula is C8H16O3Si. The Hall–Kier alpha value is -0.353. The van der Waals surface area contributed by atoms with Crippen molar-refractivity contribution in [1.29, 1.82) is 0 Å². The first-order chi connectivity index (χ1) is 5.28. The Labute approximate surface area is 73.9 Å². The third-order valence-electron chi connectivity index (χ3n) is 2.10. The fraction of sp³-hybridized carbons (Fsp3) is 0.875. The molecule has 1 fully saturated rings. The van der Waals surface area contributed by atoms with Gasteiger partial charge in [-0.2, -0.15) is 0 Å². The third kappa shape index (κ3) is 1.69. The van der Waals surface area contributed by atoms with E-state index >= 15 is 0 Å². The summed E-state index contributed by atoms with van der Waals surface area (Å²) in [4.78, 5) is 10.9. The molecule has 2 unspecified atom stereocenters. The predicted octanol–water partition coefficient (Wildman–Crippen LogP) is 1.70. The Morgan fingerprint density at radius 2 is 2.00 bits per heavy atom. The lowest BCUT2D eigenvalue weighted by atomic mass is 10.3. The molecular weight excluding hydrogens is 172 g/mol. The van der Waals surface area contributed by atoms with Crippen LogP contribution in [0.25, 0.3) is 0 Å².